The van der Waals surface area contributed by atoms with Crippen molar-refractivity contribution in [3.05, 3.63) is 38.3 Å². The van der Waals surface area contributed by atoms with E-state index >= 15 is 0 Å². The van der Waals surface area contributed by atoms with Crippen LogP contribution in [0, 0.1) is 10.1 Å². The SMILES string of the molecule is CCCCCCCCNCc1cccc([N+](=O)[O-])c1Br. The third kappa shape index (κ3) is 6.01. The molecule has 1 rings (SSSR count). The molecule has 1 aromatic rings. The van der Waals surface area contributed by atoms with E-state index in [9.17, 15) is 10.1 Å². The predicted octanol–water partition coefficient (Wildman–Crippen LogP) is 4.81. The largest absolute Gasteiger partial charge is 0.313 e. The minimum atomic E-state index is -0.360. The summed E-state index contributed by atoms with van der Waals surface area (Å²) in [5, 5.41) is 14.2. The number of halogens is 1. The Bertz CT molecular complexity index is 424. The lowest BCUT2D eigenvalue weighted by molar-refractivity contribution is -0.385. The first-order valence-corrected chi connectivity index (χ1v) is 8.08. The lowest BCUT2D eigenvalue weighted by atomic mass is 10.1. The minimum Gasteiger partial charge on any atom is -0.313 e. The van der Waals surface area contributed by atoms with Crippen molar-refractivity contribution in [3.8, 4) is 0 Å². The minimum absolute atomic E-state index is 0.129. The van der Waals surface area contributed by atoms with Crippen molar-refractivity contribution in [1.29, 1.82) is 0 Å². The van der Waals surface area contributed by atoms with Crippen LogP contribution in [0.5, 0.6) is 0 Å². The summed E-state index contributed by atoms with van der Waals surface area (Å²) >= 11 is 3.31. The van der Waals surface area contributed by atoms with Crippen LogP contribution in [0.3, 0.4) is 0 Å². The van der Waals surface area contributed by atoms with Crippen molar-refractivity contribution >= 4 is 21.6 Å². The van der Waals surface area contributed by atoms with Crippen molar-refractivity contribution in [2.75, 3.05) is 6.54 Å². The fourth-order valence-corrected chi connectivity index (χ4v) is 2.65. The molecule has 1 N–H and O–H groups in total. The molecule has 5 heteroatoms. The zero-order chi connectivity index (χ0) is 14.8. The van der Waals surface area contributed by atoms with Gasteiger partial charge in [0.2, 0.25) is 0 Å². The molecule has 0 aromatic heterocycles. The number of nitro benzene ring substituents is 1. The van der Waals surface area contributed by atoms with Crippen LogP contribution in [0.25, 0.3) is 0 Å². The van der Waals surface area contributed by atoms with E-state index in [1.165, 1.54) is 38.2 Å². The molecule has 20 heavy (non-hydrogen) atoms. The molecule has 1 aromatic carbocycles. The summed E-state index contributed by atoms with van der Waals surface area (Å²) < 4.78 is 0.584. The lowest BCUT2D eigenvalue weighted by Gasteiger charge is -2.07. The van der Waals surface area contributed by atoms with Crippen LogP contribution < -0.4 is 5.32 Å². The molecule has 0 saturated heterocycles. The average molecular weight is 343 g/mol. The maximum atomic E-state index is 10.8. The second kappa shape index (κ2) is 9.88. The van der Waals surface area contributed by atoms with E-state index in [4.69, 9.17) is 0 Å². The highest BCUT2D eigenvalue weighted by molar-refractivity contribution is 9.10. The number of benzene rings is 1. The summed E-state index contributed by atoms with van der Waals surface area (Å²) in [4.78, 5) is 10.5. The molecule has 4 nitrogen and oxygen atoms in total. The first kappa shape index (κ1) is 17.1. The van der Waals surface area contributed by atoms with Crippen molar-refractivity contribution in [3.63, 3.8) is 0 Å². The van der Waals surface area contributed by atoms with E-state index in [2.05, 4.69) is 28.2 Å². The Hall–Kier alpha value is -0.940. The van der Waals surface area contributed by atoms with Gasteiger partial charge in [0.25, 0.3) is 5.69 Å². The summed E-state index contributed by atoms with van der Waals surface area (Å²) in [6, 6.07) is 5.15. The summed E-state index contributed by atoms with van der Waals surface area (Å²) in [5.74, 6) is 0. The van der Waals surface area contributed by atoms with Gasteiger partial charge in [-0.3, -0.25) is 10.1 Å². The first-order chi connectivity index (χ1) is 9.66. The fraction of sp³-hybridized carbons (Fsp3) is 0.600. The Labute approximate surface area is 129 Å². The molecule has 0 amide bonds. The van der Waals surface area contributed by atoms with Crippen LogP contribution in [0.1, 0.15) is 51.0 Å². The maximum Gasteiger partial charge on any atom is 0.283 e. The molecule has 0 saturated carbocycles. The highest BCUT2D eigenvalue weighted by Gasteiger charge is 2.13. The summed E-state index contributed by atoms with van der Waals surface area (Å²) in [6.07, 6.45) is 7.65. The average Bonchev–Trinajstić information content (AvgIpc) is 2.43. The van der Waals surface area contributed by atoms with Crippen molar-refractivity contribution in [2.45, 2.75) is 52.0 Å². The second-order valence-corrected chi connectivity index (χ2v) is 5.74. The van der Waals surface area contributed by atoms with Crippen molar-refractivity contribution in [1.82, 2.24) is 5.32 Å². The summed E-state index contributed by atoms with van der Waals surface area (Å²) in [6.45, 7) is 3.84. The monoisotopic (exact) mass is 342 g/mol. The molecule has 0 aliphatic heterocycles. The Morgan fingerprint density at radius 1 is 1.20 bits per heavy atom. The van der Waals surface area contributed by atoms with Gasteiger partial charge in [0.1, 0.15) is 0 Å². The number of nitro groups is 1. The Morgan fingerprint density at radius 3 is 2.60 bits per heavy atom. The molecule has 0 bridgehead atoms. The Kier molecular flexibility index (Phi) is 8.46. The zero-order valence-electron chi connectivity index (χ0n) is 12.0. The summed E-state index contributed by atoms with van der Waals surface area (Å²) in [7, 11) is 0. The normalized spacial score (nSPS) is 10.7. The molecule has 0 aliphatic carbocycles. The molecule has 112 valence electrons. The van der Waals surface area contributed by atoms with E-state index in [0.29, 0.717) is 11.0 Å². The van der Waals surface area contributed by atoms with Gasteiger partial charge in [-0.2, -0.15) is 0 Å². The highest BCUT2D eigenvalue weighted by atomic mass is 79.9. The molecule has 0 unspecified atom stereocenters. The number of nitrogens with zero attached hydrogens (tertiary/aromatic N) is 1. The van der Waals surface area contributed by atoms with Gasteiger partial charge in [-0.25, -0.2) is 0 Å². The van der Waals surface area contributed by atoms with Gasteiger partial charge in [0.15, 0.2) is 0 Å². The molecule has 0 fully saturated rings. The van der Waals surface area contributed by atoms with E-state index in [-0.39, 0.29) is 10.6 Å². The third-order valence-electron chi connectivity index (χ3n) is 3.28. The maximum absolute atomic E-state index is 10.8. The lowest BCUT2D eigenvalue weighted by Crippen LogP contribution is -2.15. The van der Waals surface area contributed by atoms with E-state index in [1.807, 2.05) is 6.07 Å². The second-order valence-electron chi connectivity index (χ2n) is 4.95. The molecular weight excluding hydrogens is 320 g/mol. The molecule has 0 atom stereocenters. The summed E-state index contributed by atoms with van der Waals surface area (Å²) in [5.41, 5.74) is 1.06. The smallest absolute Gasteiger partial charge is 0.283 e. The molecule has 0 spiro atoms. The first-order valence-electron chi connectivity index (χ1n) is 7.29. The van der Waals surface area contributed by atoms with Crippen LogP contribution in [0.15, 0.2) is 22.7 Å². The number of hydrogen-bond donors (Lipinski definition) is 1. The predicted molar refractivity (Wildman–Crippen MR) is 85.9 cm³/mol. The van der Waals surface area contributed by atoms with Crippen LogP contribution >= 0.6 is 15.9 Å². The molecule has 0 heterocycles. The van der Waals surface area contributed by atoms with Gasteiger partial charge in [-0.05, 0) is 34.5 Å². The van der Waals surface area contributed by atoms with Gasteiger partial charge in [-0.15, -0.1) is 0 Å². The quantitative estimate of drug-likeness (QED) is 0.377. The van der Waals surface area contributed by atoms with E-state index in [1.54, 1.807) is 6.07 Å². The van der Waals surface area contributed by atoms with Gasteiger partial charge < -0.3 is 5.32 Å². The standard InChI is InChI=1S/C15H23BrN2O2/c1-2-3-4-5-6-7-11-17-12-13-9-8-10-14(15(13)16)18(19)20/h8-10,17H,2-7,11-12H2,1H3. The van der Waals surface area contributed by atoms with Crippen molar-refractivity contribution < 1.29 is 4.92 Å². The number of unbranched alkanes of at least 4 members (excludes halogenated alkanes) is 5. The number of nitrogens with one attached hydrogen (secondary N) is 1. The fourth-order valence-electron chi connectivity index (χ4n) is 2.10. The topological polar surface area (TPSA) is 55.2 Å². The Morgan fingerprint density at radius 2 is 1.90 bits per heavy atom. The van der Waals surface area contributed by atoms with Gasteiger partial charge >= 0.3 is 0 Å². The number of rotatable bonds is 10. The highest BCUT2D eigenvalue weighted by Crippen LogP contribution is 2.28. The molecule has 0 radical (unpaired) electrons. The van der Waals surface area contributed by atoms with Crippen LogP contribution in [0.4, 0.5) is 5.69 Å². The van der Waals surface area contributed by atoms with Crippen LogP contribution in [-0.4, -0.2) is 11.5 Å². The van der Waals surface area contributed by atoms with Crippen LogP contribution in [0.2, 0.25) is 0 Å². The van der Waals surface area contributed by atoms with Gasteiger partial charge in [0.05, 0.1) is 9.40 Å². The van der Waals surface area contributed by atoms with E-state index in [0.717, 1.165) is 18.5 Å². The van der Waals surface area contributed by atoms with Gasteiger partial charge in [0, 0.05) is 12.6 Å². The zero-order valence-corrected chi connectivity index (χ0v) is 13.6. The number of hydrogen-bond acceptors (Lipinski definition) is 3. The van der Waals surface area contributed by atoms with Crippen molar-refractivity contribution in [2.24, 2.45) is 0 Å². The molecular formula is C15H23BrN2O2. The van der Waals surface area contributed by atoms with Crippen LogP contribution in [-0.2, 0) is 6.54 Å². The van der Waals surface area contributed by atoms with Gasteiger partial charge in [-0.1, -0.05) is 51.2 Å². The molecule has 0 aliphatic rings. The van der Waals surface area contributed by atoms with E-state index < -0.39 is 0 Å². The third-order valence-corrected chi connectivity index (χ3v) is 4.19. The Balaban J connectivity index is 2.25.